The maximum absolute atomic E-state index is 13.4. The number of hydrogen-bond donors (Lipinski definition) is 0. The lowest BCUT2D eigenvalue weighted by molar-refractivity contribution is 0.226. The molecule has 0 aliphatic heterocycles. The minimum atomic E-state index is -2.86. The van der Waals surface area contributed by atoms with Gasteiger partial charge in [-0.2, -0.15) is 0 Å². The van der Waals surface area contributed by atoms with Crippen LogP contribution in [0.25, 0.3) is 0 Å². The summed E-state index contributed by atoms with van der Waals surface area (Å²) in [6.07, 6.45) is 0.576. The van der Waals surface area contributed by atoms with Gasteiger partial charge in [-0.25, -0.2) is 0 Å². The highest BCUT2D eigenvalue weighted by Crippen LogP contribution is 2.68. The molecule has 0 spiro atoms. The molecular weight excluding hydrogens is 354 g/mol. The summed E-state index contributed by atoms with van der Waals surface area (Å²) in [7, 11) is -5.72. The second-order valence-electron chi connectivity index (χ2n) is 10.8. The highest BCUT2D eigenvalue weighted by Gasteiger charge is 2.48. The average Bonchev–Trinajstić information content (AvgIpc) is 2.32. The third kappa shape index (κ3) is 5.68. The van der Waals surface area contributed by atoms with Crippen LogP contribution in [0, 0.1) is 0 Å². The summed E-state index contributed by atoms with van der Waals surface area (Å²) in [6.45, 7) is 24.2. The second kappa shape index (κ2) is 7.78. The van der Waals surface area contributed by atoms with Gasteiger partial charge in [0.1, 0.15) is 0 Å². The molecule has 0 radical (unpaired) electrons. The van der Waals surface area contributed by atoms with Gasteiger partial charge in [0.2, 0.25) is 14.7 Å². The molecule has 6 heteroatoms. The van der Waals surface area contributed by atoms with E-state index in [9.17, 15) is 9.13 Å². The fraction of sp³-hybridized carbons (Fsp3) is 1.00. The summed E-state index contributed by atoms with van der Waals surface area (Å²) in [6, 6.07) is 0. The molecule has 0 saturated heterocycles. The van der Waals surface area contributed by atoms with E-state index in [0.717, 1.165) is 0 Å². The molecule has 4 nitrogen and oxygen atoms in total. The Labute approximate surface area is 156 Å². The predicted octanol–water partition coefficient (Wildman–Crippen LogP) is 7.16. The van der Waals surface area contributed by atoms with Gasteiger partial charge in [0.05, 0.1) is 13.2 Å². The van der Waals surface area contributed by atoms with Crippen molar-refractivity contribution in [1.82, 2.24) is 0 Å². The van der Waals surface area contributed by atoms with E-state index in [0.29, 0.717) is 19.6 Å². The summed E-state index contributed by atoms with van der Waals surface area (Å²) >= 11 is 0. The van der Waals surface area contributed by atoms with Crippen molar-refractivity contribution in [3.05, 3.63) is 0 Å². The van der Waals surface area contributed by atoms with Gasteiger partial charge in [-0.1, -0.05) is 83.1 Å². The Morgan fingerprint density at radius 3 is 0.880 bits per heavy atom. The largest absolute Gasteiger partial charge is 0.328 e. The topological polar surface area (TPSA) is 52.6 Å². The first-order chi connectivity index (χ1) is 10.7. The molecule has 0 aromatic carbocycles. The van der Waals surface area contributed by atoms with Crippen molar-refractivity contribution in [3.63, 3.8) is 0 Å². The van der Waals surface area contributed by atoms with Crippen LogP contribution in [0.4, 0.5) is 0 Å². The molecule has 25 heavy (non-hydrogen) atoms. The van der Waals surface area contributed by atoms with Gasteiger partial charge in [-0.05, 0) is 6.42 Å². The molecule has 152 valence electrons. The standard InChI is InChI=1S/C19H42O4P2/c1-16(2,3)24(20,17(4,5)6)22-14-13-15-23-25(21,18(7,8)9)19(10,11)12/h13-15H2,1-12H3. The Morgan fingerprint density at radius 1 is 0.520 bits per heavy atom. The zero-order valence-corrected chi connectivity index (χ0v) is 20.4. The van der Waals surface area contributed by atoms with E-state index >= 15 is 0 Å². The van der Waals surface area contributed by atoms with Crippen molar-refractivity contribution in [3.8, 4) is 0 Å². The van der Waals surface area contributed by atoms with E-state index in [-0.39, 0.29) is 0 Å². The Hall–Kier alpha value is 0.380. The Morgan fingerprint density at radius 2 is 0.720 bits per heavy atom. The summed E-state index contributed by atoms with van der Waals surface area (Å²) in [5, 5.41) is -1.67. The zero-order valence-electron chi connectivity index (χ0n) is 18.6. The molecule has 0 aliphatic carbocycles. The molecule has 0 aromatic rings. The predicted molar refractivity (Wildman–Crippen MR) is 111 cm³/mol. The molecule has 0 N–H and O–H groups in total. The van der Waals surface area contributed by atoms with E-state index < -0.39 is 35.4 Å². The van der Waals surface area contributed by atoms with Gasteiger partial charge in [0.15, 0.2) is 0 Å². The minimum Gasteiger partial charge on any atom is -0.328 e. The monoisotopic (exact) mass is 396 g/mol. The van der Waals surface area contributed by atoms with Gasteiger partial charge in [0, 0.05) is 20.6 Å². The smallest absolute Gasteiger partial charge is 0.213 e. The normalized spacial score (nSPS) is 15.5. The highest BCUT2D eigenvalue weighted by molar-refractivity contribution is 7.62. The fourth-order valence-electron chi connectivity index (χ4n) is 3.23. The molecule has 0 saturated carbocycles. The van der Waals surface area contributed by atoms with Crippen LogP contribution < -0.4 is 0 Å². The molecule has 0 aliphatic rings. The first-order valence-corrected chi connectivity index (χ1v) is 12.5. The van der Waals surface area contributed by atoms with Gasteiger partial charge in [-0.3, -0.25) is 9.13 Å². The molecule has 0 rings (SSSR count). The van der Waals surface area contributed by atoms with Crippen molar-refractivity contribution in [2.45, 2.75) is 110 Å². The van der Waals surface area contributed by atoms with Crippen molar-refractivity contribution < 1.29 is 18.2 Å². The van der Waals surface area contributed by atoms with Crippen LogP contribution in [0.1, 0.15) is 89.5 Å². The van der Waals surface area contributed by atoms with Gasteiger partial charge < -0.3 is 9.05 Å². The van der Waals surface area contributed by atoms with E-state index in [1.54, 1.807) is 0 Å². The maximum Gasteiger partial charge on any atom is 0.213 e. The second-order valence-corrected chi connectivity index (χ2v) is 18.9. The average molecular weight is 396 g/mol. The van der Waals surface area contributed by atoms with Crippen molar-refractivity contribution in [2.75, 3.05) is 13.2 Å². The van der Waals surface area contributed by atoms with E-state index in [4.69, 9.17) is 9.05 Å². The minimum absolute atomic E-state index is 0.347. The third-order valence-corrected chi connectivity index (χ3v) is 12.5. The number of hydrogen-bond acceptors (Lipinski definition) is 4. The van der Waals surface area contributed by atoms with Crippen molar-refractivity contribution in [2.24, 2.45) is 0 Å². The lowest BCUT2D eigenvalue weighted by Crippen LogP contribution is -2.31. The third-order valence-electron chi connectivity index (χ3n) is 4.37. The maximum atomic E-state index is 13.4. The highest BCUT2D eigenvalue weighted by atomic mass is 31.2. The quantitative estimate of drug-likeness (QED) is 0.353. The van der Waals surface area contributed by atoms with Gasteiger partial charge >= 0.3 is 0 Å². The first kappa shape index (κ1) is 25.4. The Kier molecular flexibility index (Phi) is 7.90. The van der Waals surface area contributed by atoms with Gasteiger partial charge in [-0.15, -0.1) is 0 Å². The molecule has 0 heterocycles. The van der Waals surface area contributed by atoms with E-state index in [2.05, 4.69) is 0 Å². The van der Waals surface area contributed by atoms with E-state index in [1.807, 2.05) is 83.1 Å². The Balaban J connectivity index is 4.94. The SMILES string of the molecule is CC(C)(C)P(=O)(OCCCOP(=O)(C(C)(C)C)C(C)(C)C)C(C)(C)C. The molecule has 0 atom stereocenters. The summed E-state index contributed by atoms with van der Waals surface area (Å²) in [5.41, 5.74) is 0. The summed E-state index contributed by atoms with van der Waals surface area (Å²) in [4.78, 5) is 0. The molecule has 0 bridgehead atoms. The van der Waals surface area contributed by atoms with Crippen LogP contribution in [0.5, 0.6) is 0 Å². The fourth-order valence-corrected chi connectivity index (χ4v) is 9.58. The lowest BCUT2D eigenvalue weighted by atomic mass is 10.2. The van der Waals surface area contributed by atoms with Crippen LogP contribution >= 0.6 is 14.7 Å². The van der Waals surface area contributed by atoms with Crippen LogP contribution in [0.15, 0.2) is 0 Å². The summed E-state index contributed by atoms with van der Waals surface area (Å²) in [5.74, 6) is 0. The molecular formula is C19H42O4P2. The Bertz CT molecular complexity index is 442. The van der Waals surface area contributed by atoms with Crippen LogP contribution in [0.3, 0.4) is 0 Å². The van der Waals surface area contributed by atoms with Crippen molar-refractivity contribution >= 4 is 14.7 Å². The van der Waals surface area contributed by atoms with Crippen molar-refractivity contribution in [1.29, 1.82) is 0 Å². The van der Waals surface area contributed by atoms with Crippen LogP contribution in [-0.4, -0.2) is 33.8 Å². The molecule has 0 amide bonds. The van der Waals surface area contributed by atoms with E-state index in [1.165, 1.54) is 0 Å². The molecule has 0 aromatic heterocycles. The number of rotatable bonds is 6. The van der Waals surface area contributed by atoms with Crippen LogP contribution in [0.2, 0.25) is 0 Å². The molecule has 0 unspecified atom stereocenters. The molecule has 0 fully saturated rings. The first-order valence-electron chi connectivity index (χ1n) is 9.20. The zero-order chi connectivity index (χ0) is 20.5. The van der Waals surface area contributed by atoms with Crippen LogP contribution in [-0.2, 0) is 18.2 Å². The lowest BCUT2D eigenvalue weighted by Gasteiger charge is -2.41. The summed E-state index contributed by atoms with van der Waals surface area (Å²) < 4.78 is 38.7. The van der Waals surface area contributed by atoms with Gasteiger partial charge in [0.25, 0.3) is 0 Å².